The van der Waals surface area contributed by atoms with E-state index in [0.717, 1.165) is 12.1 Å². The van der Waals surface area contributed by atoms with E-state index in [9.17, 15) is 19.5 Å². The van der Waals surface area contributed by atoms with Crippen LogP contribution in [0.25, 0.3) is 11.4 Å². The Kier molecular flexibility index (Phi) is 13.0. The SMILES string of the molecule is B[C@@H]1[C@@H](C)C(=O)[C@@H](C)C(=O)O[C@H](CC)[C@@]2(C)OC(=O)N(CCCCn3cc(-c4ccccn4)nn3)[C@@H]2[C@@H](C)NC[C@H](C)C[C@@]1(CCO)OC. The Morgan fingerprint density at radius 2 is 1.86 bits per heavy atom. The van der Waals surface area contributed by atoms with E-state index in [1.165, 1.54) is 0 Å². The van der Waals surface area contributed by atoms with Gasteiger partial charge in [-0.3, -0.25) is 24.2 Å². The molecule has 0 spiro atoms. The number of esters is 1. The maximum atomic E-state index is 13.7. The van der Waals surface area contributed by atoms with Gasteiger partial charge in [0.15, 0.2) is 5.60 Å². The summed E-state index contributed by atoms with van der Waals surface area (Å²) in [6.07, 6.45) is 5.10. The van der Waals surface area contributed by atoms with Crippen LogP contribution in [0.4, 0.5) is 4.79 Å². The Balaban J connectivity index is 1.57. The van der Waals surface area contributed by atoms with Crippen LogP contribution in [-0.2, 0) is 30.3 Å². The molecule has 4 rings (SSSR count). The number of hydrogen-bond donors (Lipinski definition) is 2. The lowest BCUT2D eigenvalue weighted by Gasteiger charge is -2.43. The van der Waals surface area contributed by atoms with Gasteiger partial charge in [-0.1, -0.05) is 32.1 Å². The number of nitrogens with zero attached hydrogens (tertiary/aromatic N) is 5. The average Bonchev–Trinajstić information content (AvgIpc) is 3.67. The first-order valence-electron chi connectivity index (χ1n) is 17.8. The number of fused-ring (bicyclic) bond motifs is 1. The van der Waals surface area contributed by atoms with Gasteiger partial charge in [0.2, 0.25) is 0 Å². The van der Waals surface area contributed by atoms with Crippen LogP contribution in [0.3, 0.4) is 0 Å². The third kappa shape index (κ3) is 8.34. The zero-order valence-corrected chi connectivity index (χ0v) is 30.4. The molecule has 2 N–H and O–H groups in total. The summed E-state index contributed by atoms with van der Waals surface area (Å²) < 4.78 is 20.1. The van der Waals surface area contributed by atoms with E-state index in [1.807, 2.05) is 59.9 Å². The number of aryl methyl sites for hydroxylation is 1. The number of pyridine rings is 1. The van der Waals surface area contributed by atoms with Crippen LogP contribution < -0.4 is 5.32 Å². The monoisotopic (exact) mass is 682 g/mol. The van der Waals surface area contributed by atoms with Crippen molar-refractivity contribution in [2.45, 2.75) is 115 Å². The molecule has 49 heavy (non-hydrogen) atoms. The molecule has 0 saturated carbocycles. The van der Waals surface area contributed by atoms with Crippen LogP contribution in [0.1, 0.15) is 73.6 Å². The number of cyclic esters (lactones) is 1. The van der Waals surface area contributed by atoms with E-state index in [2.05, 4.69) is 27.5 Å². The normalized spacial score (nSPS) is 33.3. The van der Waals surface area contributed by atoms with Crippen LogP contribution in [0.2, 0.25) is 5.82 Å². The minimum absolute atomic E-state index is 0.0947. The second-order valence-corrected chi connectivity index (χ2v) is 14.3. The van der Waals surface area contributed by atoms with Gasteiger partial charge in [0.1, 0.15) is 31.3 Å². The van der Waals surface area contributed by atoms with Crippen LogP contribution in [0.15, 0.2) is 30.6 Å². The van der Waals surface area contributed by atoms with Crippen molar-refractivity contribution in [3.63, 3.8) is 0 Å². The van der Waals surface area contributed by atoms with Crippen molar-refractivity contribution in [3.8, 4) is 11.4 Å². The fraction of sp³-hybridized carbons (Fsp3) is 0.714. The number of nitrogens with one attached hydrogen (secondary N) is 1. The Labute approximate surface area is 291 Å². The molecule has 0 radical (unpaired) electrons. The predicted molar refractivity (Wildman–Crippen MR) is 186 cm³/mol. The number of rotatable bonds is 10. The lowest BCUT2D eigenvalue weighted by molar-refractivity contribution is -0.170. The minimum atomic E-state index is -1.17. The van der Waals surface area contributed by atoms with Gasteiger partial charge in [0.05, 0.1) is 23.5 Å². The van der Waals surface area contributed by atoms with Crippen LogP contribution in [0, 0.1) is 17.8 Å². The van der Waals surface area contributed by atoms with Gasteiger partial charge in [-0.05, 0) is 83.3 Å². The van der Waals surface area contributed by atoms with Gasteiger partial charge in [-0.15, -0.1) is 5.10 Å². The molecule has 9 atom stereocenters. The number of amides is 1. The van der Waals surface area contributed by atoms with E-state index in [-0.39, 0.29) is 30.2 Å². The second kappa shape index (κ2) is 16.6. The van der Waals surface area contributed by atoms with Gasteiger partial charge in [-0.25, -0.2) is 4.79 Å². The minimum Gasteiger partial charge on any atom is -0.458 e. The van der Waals surface area contributed by atoms with Gasteiger partial charge in [0, 0.05) is 45.0 Å². The number of carbonyl (C=O) groups is 3. The van der Waals surface area contributed by atoms with E-state index in [1.54, 1.807) is 29.8 Å². The molecular weight excluding hydrogens is 627 g/mol. The maximum Gasteiger partial charge on any atom is 0.410 e. The second-order valence-electron chi connectivity index (χ2n) is 14.3. The molecule has 13 nitrogen and oxygen atoms in total. The number of aliphatic hydroxyl groups is 1. The fourth-order valence-corrected chi connectivity index (χ4v) is 7.88. The van der Waals surface area contributed by atoms with Crippen molar-refractivity contribution in [2.24, 2.45) is 17.8 Å². The Bertz CT molecular complexity index is 1410. The highest BCUT2D eigenvalue weighted by Gasteiger charge is 2.58. The lowest BCUT2D eigenvalue weighted by Crippen LogP contribution is -2.61. The molecule has 4 heterocycles. The number of carbonyl (C=O) groups excluding carboxylic acids is 3. The highest BCUT2D eigenvalue weighted by molar-refractivity contribution is 6.15. The van der Waals surface area contributed by atoms with Gasteiger partial charge in [-0.2, -0.15) is 0 Å². The Morgan fingerprint density at radius 1 is 1.12 bits per heavy atom. The summed E-state index contributed by atoms with van der Waals surface area (Å²) in [4.78, 5) is 47.0. The van der Waals surface area contributed by atoms with Crippen LogP contribution in [-0.4, -0.2) is 112 Å². The summed E-state index contributed by atoms with van der Waals surface area (Å²) in [5.41, 5.74) is -0.499. The largest absolute Gasteiger partial charge is 0.458 e. The summed E-state index contributed by atoms with van der Waals surface area (Å²) in [6, 6.07) is 4.94. The predicted octanol–water partition coefficient (Wildman–Crippen LogP) is 3.07. The number of ketones is 1. The lowest BCUT2D eigenvalue weighted by atomic mass is 9.61. The standard InChI is InChI=1S/C35H55BN6O7/c1-8-28-34(6)31(42(33(46)49-34)17-12-11-16-41-21-27(39-40-41)26-13-9-10-15-37-26)25(5)38-20-22(2)19-35(47-7,14-18-43)30(36)23(3)29(44)24(4)32(45)48-28/h9-10,13,15,21-25,28,30-31,38,43H,8,11-12,14,16-20,36H2,1-7H3/t22-,23+,24-,25-,28-,30-,31-,34-,35-/m1/s1. The van der Waals surface area contributed by atoms with Gasteiger partial charge >= 0.3 is 12.1 Å². The molecule has 2 aliphatic heterocycles. The maximum absolute atomic E-state index is 13.7. The van der Waals surface area contributed by atoms with E-state index >= 15 is 0 Å². The molecule has 2 aromatic rings. The topological polar surface area (TPSA) is 158 Å². The number of ether oxygens (including phenoxy) is 3. The molecule has 0 bridgehead atoms. The summed E-state index contributed by atoms with van der Waals surface area (Å²) in [6.45, 7) is 12.8. The Morgan fingerprint density at radius 3 is 2.51 bits per heavy atom. The van der Waals surface area contributed by atoms with E-state index < -0.39 is 47.2 Å². The first-order valence-corrected chi connectivity index (χ1v) is 17.8. The van der Waals surface area contributed by atoms with Crippen molar-refractivity contribution in [1.29, 1.82) is 0 Å². The van der Waals surface area contributed by atoms with Crippen molar-refractivity contribution >= 4 is 25.7 Å². The van der Waals surface area contributed by atoms with Crippen LogP contribution >= 0.6 is 0 Å². The molecule has 1 amide bonds. The van der Waals surface area contributed by atoms with Crippen molar-refractivity contribution in [2.75, 3.05) is 26.8 Å². The molecule has 14 heteroatoms. The van der Waals surface area contributed by atoms with E-state index in [4.69, 9.17) is 14.2 Å². The van der Waals surface area contributed by atoms with Crippen molar-refractivity contribution in [3.05, 3.63) is 30.6 Å². The molecule has 2 fully saturated rings. The zero-order valence-electron chi connectivity index (χ0n) is 30.4. The number of aromatic nitrogens is 4. The number of Topliss-reactive ketones (excluding diaryl/α,β-unsaturated/α-hetero) is 1. The first kappa shape index (κ1) is 38.4. The summed E-state index contributed by atoms with van der Waals surface area (Å²) in [5, 5.41) is 22.2. The molecule has 0 aromatic carbocycles. The Hall–Kier alpha value is -3.36. The third-order valence-corrected chi connectivity index (χ3v) is 10.9. The summed E-state index contributed by atoms with van der Waals surface area (Å²) >= 11 is 0. The molecular formula is C35H55BN6O7. The molecule has 2 aliphatic rings. The van der Waals surface area contributed by atoms with Crippen LogP contribution in [0.5, 0.6) is 0 Å². The molecule has 270 valence electrons. The van der Waals surface area contributed by atoms with Crippen molar-refractivity contribution in [1.82, 2.24) is 30.2 Å². The molecule has 2 saturated heterocycles. The van der Waals surface area contributed by atoms with Crippen molar-refractivity contribution < 1.29 is 33.7 Å². The quantitative estimate of drug-likeness (QED) is 0.164. The molecule has 0 aliphatic carbocycles. The zero-order chi connectivity index (χ0) is 35.9. The first-order chi connectivity index (χ1) is 23.3. The third-order valence-electron chi connectivity index (χ3n) is 10.9. The smallest absolute Gasteiger partial charge is 0.410 e. The number of hydrogen-bond acceptors (Lipinski definition) is 11. The number of methoxy groups -OCH3 is 1. The highest BCUT2D eigenvalue weighted by atomic mass is 16.6. The van der Waals surface area contributed by atoms with Gasteiger partial charge < -0.3 is 24.6 Å². The summed E-state index contributed by atoms with van der Waals surface area (Å²) in [7, 11) is 3.58. The number of aliphatic hydroxyl groups excluding tert-OH is 1. The van der Waals surface area contributed by atoms with E-state index in [0.29, 0.717) is 51.0 Å². The number of unbranched alkanes of at least 4 members (excludes halogenated alkanes) is 1. The highest BCUT2D eigenvalue weighted by Crippen LogP contribution is 2.42. The van der Waals surface area contributed by atoms with Gasteiger partial charge in [0.25, 0.3) is 0 Å². The average molecular weight is 683 g/mol. The molecule has 2 aromatic heterocycles. The molecule has 0 unspecified atom stereocenters. The fourth-order valence-electron chi connectivity index (χ4n) is 7.88. The summed E-state index contributed by atoms with van der Waals surface area (Å²) in [5.74, 6) is -2.62.